The molecule has 0 saturated heterocycles. The molecule has 1 aliphatic carbocycles. The molecule has 0 N–H and O–H groups in total. The number of hydrogen-bond acceptors (Lipinski definition) is 2. The van der Waals surface area contributed by atoms with E-state index in [1.165, 1.54) is 35.1 Å². The monoisotopic (exact) mass is 307 g/mol. The van der Waals surface area contributed by atoms with E-state index in [0.717, 1.165) is 12.0 Å². The van der Waals surface area contributed by atoms with Gasteiger partial charge in [0, 0.05) is 17.3 Å². The highest BCUT2D eigenvalue weighted by molar-refractivity contribution is 5.76. The molecule has 0 bridgehead atoms. The van der Waals surface area contributed by atoms with E-state index in [4.69, 9.17) is 0 Å². The van der Waals surface area contributed by atoms with Gasteiger partial charge in [-0.1, -0.05) is 33.8 Å². The molecule has 0 spiro atoms. The zero-order valence-corrected chi connectivity index (χ0v) is 14.7. The molecular formula is C21H25NO. The zero-order chi connectivity index (χ0) is 16.8. The van der Waals surface area contributed by atoms with Crippen LogP contribution in [0.1, 0.15) is 67.6 Å². The summed E-state index contributed by atoms with van der Waals surface area (Å²) < 4.78 is 0. The van der Waals surface area contributed by atoms with E-state index in [1.807, 2.05) is 12.1 Å². The van der Waals surface area contributed by atoms with E-state index >= 15 is 0 Å². The molecular weight excluding hydrogens is 282 g/mol. The van der Waals surface area contributed by atoms with Crippen molar-refractivity contribution >= 4 is 6.29 Å². The number of benzene rings is 1. The number of hydrogen-bond donors (Lipinski definition) is 0. The van der Waals surface area contributed by atoms with Crippen molar-refractivity contribution < 1.29 is 4.79 Å². The number of pyridine rings is 1. The number of rotatable bonds is 2. The first-order valence-electron chi connectivity index (χ1n) is 8.32. The molecule has 2 aromatic rings. The van der Waals surface area contributed by atoms with E-state index in [9.17, 15) is 4.79 Å². The Morgan fingerprint density at radius 2 is 1.61 bits per heavy atom. The molecule has 0 aliphatic heterocycles. The van der Waals surface area contributed by atoms with Gasteiger partial charge in [0.25, 0.3) is 0 Å². The van der Waals surface area contributed by atoms with E-state index in [-0.39, 0.29) is 10.8 Å². The summed E-state index contributed by atoms with van der Waals surface area (Å²) in [6.07, 6.45) is 4.91. The van der Waals surface area contributed by atoms with Crippen LogP contribution in [0.2, 0.25) is 0 Å². The standard InChI is InChI=1S/C21H25NO/c1-14-10-17-18(21(4,5)9-8-20(17,2)3)11-16(14)19-7-6-15(13-23)12-22-19/h6-7,10-13H,8-9H2,1-5H3. The molecule has 0 atom stereocenters. The number of nitrogens with zero attached hydrogens (tertiary/aromatic N) is 1. The van der Waals surface area contributed by atoms with Crippen molar-refractivity contribution in [3.8, 4) is 11.3 Å². The van der Waals surface area contributed by atoms with Crippen LogP contribution < -0.4 is 0 Å². The predicted molar refractivity (Wildman–Crippen MR) is 95.1 cm³/mol. The van der Waals surface area contributed by atoms with Gasteiger partial charge in [0.15, 0.2) is 6.29 Å². The van der Waals surface area contributed by atoms with Gasteiger partial charge in [-0.2, -0.15) is 0 Å². The summed E-state index contributed by atoms with van der Waals surface area (Å²) in [5.74, 6) is 0. The molecule has 1 aromatic carbocycles. The summed E-state index contributed by atoms with van der Waals surface area (Å²) in [5, 5.41) is 0. The van der Waals surface area contributed by atoms with Crippen LogP contribution in [-0.4, -0.2) is 11.3 Å². The molecule has 23 heavy (non-hydrogen) atoms. The maximum Gasteiger partial charge on any atom is 0.151 e. The van der Waals surface area contributed by atoms with Gasteiger partial charge < -0.3 is 0 Å². The van der Waals surface area contributed by atoms with Crippen LogP contribution in [-0.2, 0) is 10.8 Å². The Balaban J connectivity index is 2.18. The highest BCUT2D eigenvalue weighted by Gasteiger charge is 2.37. The third-order valence-corrected chi connectivity index (χ3v) is 5.40. The normalized spacial score (nSPS) is 18.3. The predicted octanol–water partition coefficient (Wildman–Crippen LogP) is 5.22. The van der Waals surface area contributed by atoms with Crippen LogP contribution in [0.25, 0.3) is 11.3 Å². The molecule has 0 unspecified atom stereocenters. The lowest BCUT2D eigenvalue weighted by molar-refractivity contribution is 0.112. The molecule has 2 heteroatoms. The van der Waals surface area contributed by atoms with Gasteiger partial charge in [0.1, 0.15) is 0 Å². The Bertz CT molecular complexity index is 754. The fourth-order valence-corrected chi connectivity index (χ4v) is 3.63. The first-order chi connectivity index (χ1) is 10.7. The van der Waals surface area contributed by atoms with Crippen molar-refractivity contribution in [2.75, 3.05) is 0 Å². The highest BCUT2D eigenvalue weighted by atomic mass is 16.1. The van der Waals surface area contributed by atoms with Crippen LogP contribution >= 0.6 is 0 Å². The summed E-state index contributed by atoms with van der Waals surface area (Å²) in [4.78, 5) is 15.3. The summed E-state index contributed by atoms with van der Waals surface area (Å²) in [6, 6.07) is 8.46. The average molecular weight is 307 g/mol. The topological polar surface area (TPSA) is 30.0 Å². The molecule has 120 valence electrons. The summed E-state index contributed by atoms with van der Waals surface area (Å²) in [7, 11) is 0. The lowest BCUT2D eigenvalue weighted by atomic mass is 9.62. The first-order valence-corrected chi connectivity index (χ1v) is 8.32. The molecule has 2 nitrogen and oxygen atoms in total. The van der Waals surface area contributed by atoms with E-state index < -0.39 is 0 Å². The van der Waals surface area contributed by atoms with Gasteiger partial charge in [-0.3, -0.25) is 9.78 Å². The lowest BCUT2D eigenvalue weighted by Crippen LogP contribution is -2.34. The van der Waals surface area contributed by atoms with Crippen LogP contribution in [0, 0.1) is 6.92 Å². The van der Waals surface area contributed by atoms with Gasteiger partial charge in [-0.05, 0) is 65.5 Å². The van der Waals surface area contributed by atoms with E-state index in [2.05, 4.69) is 51.7 Å². The van der Waals surface area contributed by atoms with Crippen molar-refractivity contribution in [3.05, 3.63) is 52.7 Å². The zero-order valence-electron chi connectivity index (χ0n) is 14.7. The molecule has 1 aliphatic rings. The quantitative estimate of drug-likeness (QED) is 0.712. The second-order valence-electron chi connectivity index (χ2n) is 8.08. The number of aromatic nitrogens is 1. The van der Waals surface area contributed by atoms with E-state index in [1.54, 1.807) is 6.20 Å². The SMILES string of the molecule is Cc1cc2c(cc1-c1ccc(C=O)cn1)C(C)(C)CCC2(C)C. The fraction of sp³-hybridized carbons (Fsp3) is 0.429. The third-order valence-electron chi connectivity index (χ3n) is 5.40. The Kier molecular flexibility index (Phi) is 3.66. The highest BCUT2D eigenvalue weighted by Crippen LogP contribution is 2.47. The van der Waals surface area contributed by atoms with Crippen molar-refractivity contribution in [2.45, 2.75) is 58.3 Å². The Morgan fingerprint density at radius 3 is 2.13 bits per heavy atom. The maximum atomic E-state index is 10.8. The van der Waals surface area contributed by atoms with Crippen molar-refractivity contribution in [3.63, 3.8) is 0 Å². The summed E-state index contributed by atoms with van der Waals surface area (Å²) >= 11 is 0. The molecule has 3 rings (SSSR count). The molecule has 0 fully saturated rings. The van der Waals surface area contributed by atoms with Crippen molar-refractivity contribution in [1.29, 1.82) is 0 Å². The second kappa shape index (κ2) is 5.30. The number of fused-ring (bicyclic) bond motifs is 1. The van der Waals surface area contributed by atoms with Gasteiger partial charge in [0.2, 0.25) is 0 Å². The van der Waals surface area contributed by atoms with Crippen LogP contribution in [0.5, 0.6) is 0 Å². The molecule has 0 saturated carbocycles. The summed E-state index contributed by atoms with van der Waals surface area (Å²) in [6.45, 7) is 11.5. The average Bonchev–Trinajstić information content (AvgIpc) is 2.52. The maximum absolute atomic E-state index is 10.8. The number of aldehydes is 1. The molecule has 1 heterocycles. The Morgan fingerprint density at radius 1 is 1.00 bits per heavy atom. The number of aryl methyl sites for hydroxylation is 1. The molecule has 1 aromatic heterocycles. The molecule has 0 amide bonds. The van der Waals surface area contributed by atoms with Gasteiger partial charge >= 0.3 is 0 Å². The smallest absolute Gasteiger partial charge is 0.151 e. The minimum atomic E-state index is 0.191. The fourth-order valence-electron chi connectivity index (χ4n) is 3.63. The summed E-state index contributed by atoms with van der Waals surface area (Å²) in [5.41, 5.74) is 7.31. The number of carbonyl (C=O) groups excluding carboxylic acids is 1. The van der Waals surface area contributed by atoms with E-state index in [0.29, 0.717) is 5.56 Å². The molecule has 0 radical (unpaired) electrons. The third kappa shape index (κ3) is 2.71. The van der Waals surface area contributed by atoms with Crippen LogP contribution in [0.4, 0.5) is 0 Å². The van der Waals surface area contributed by atoms with Gasteiger partial charge in [-0.15, -0.1) is 0 Å². The van der Waals surface area contributed by atoms with Crippen LogP contribution in [0.15, 0.2) is 30.5 Å². The first kappa shape index (κ1) is 15.9. The second-order valence-corrected chi connectivity index (χ2v) is 8.08. The van der Waals surface area contributed by atoms with Crippen LogP contribution in [0.3, 0.4) is 0 Å². The largest absolute Gasteiger partial charge is 0.298 e. The minimum absolute atomic E-state index is 0.191. The van der Waals surface area contributed by atoms with Gasteiger partial charge in [-0.25, -0.2) is 0 Å². The lowest BCUT2D eigenvalue weighted by Gasteiger charge is -2.42. The van der Waals surface area contributed by atoms with Crippen molar-refractivity contribution in [2.24, 2.45) is 0 Å². The Hall–Kier alpha value is -1.96. The van der Waals surface area contributed by atoms with Crippen molar-refractivity contribution in [1.82, 2.24) is 4.98 Å². The Labute approximate surface area is 139 Å². The van der Waals surface area contributed by atoms with Gasteiger partial charge in [0.05, 0.1) is 5.69 Å². The minimum Gasteiger partial charge on any atom is -0.298 e. The number of carbonyl (C=O) groups is 1.